The number of thiocarbonyl (C=S) groups is 1. The number of halogens is 1. The number of hydrogen-bond acceptors (Lipinski definition) is 3. The summed E-state index contributed by atoms with van der Waals surface area (Å²) in [5.74, 6) is -0.115. The number of amides is 1. The predicted molar refractivity (Wildman–Crippen MR) is 93.5 cm³/mol. The maximum absolute atomic E-state index is 12.5. The van der Waals surface area contributed by atoms with Crippen molar-refractivity contribution in [3.63, 3.8) is 0 Å². The van der Waals surface area contributed by atoms with Crippen molar-refractivity contribution < 1.29 is 4.79 Å². The van der Waals surface area contributed by atoms with Gasteiger partial charge in [-0.05, 0) is 29.8 Å². The van der Waals surface area contributed by atoms with Crippen LogP contribution in [-0.2, 0) is 4.79 Å². The molecule has 1 fully saturated rings. The second kappa shape index (κ2) is 6.02. The molecule has 1 aliphatic rings. The lowest BCUT2D eigenvalue weighted by molar-refractivity contribution is -0.113. The Hall–Kier alpha value is -1.62. The van der Waals surface area contributed by atoms with Crippen LogP contribution in [0, 0.1) is 0 Å². The summed E-state index contributed by atoms with van der Waals surface area (Å²) < 4.78 is 0.518. The molecule has 2 aromatic carbocycles. The van der Waals surface area contributed by atoms with Gasteiger partial charge in [0.05, 0.1) is 10.6 Å². The molecule has 0 N–H and O–H groups in total. The molecule has 1 amide bonds. The first-order chi connectivity index (χ1) is 10.1. The van der Waals surface area contributed by atoms with Gasteiger partial charge in [-0.1, -0.05) is 72.0 Å². The maximum atomic E-state index is 12.5. The number of thioether (sulfide) groups is 1. The van der Waals surface area contributed by atoms with Crippen molar-refractivity contribution in [2.45, 2.75) is 0 Å². The van der Waals surface area contributed by atoms with Crippen LogP contribution >= 0.6 is 35.6 Å². The Bertz CT molecular complexity index is 743. The van der Waals surface area contributed by atoms with Crippen LogP contribution in [0.15, 0.2) is 59.5 Å². The van der Waals surface area contributed by atoms with E-state index in [4.69, 9.17) is 23.8 Å². The number of hydrogen-bond donors (Lipinski definition) is 0. The molecule has 0 unspecified atom stereocenters. The largest absolute Gasteiger partial charge is 0.270 e. The standard InChI is InChI=1S/C16H10ClNOS2/c17-12-7-4-8-13(10-12)18-15(19)14(21-16(18)20)9-11-5-2-1-3-6-11/h1-10H/b14-9-. The third-order valence-electron chi connectivity index (χ3n) is 2.96. The van der Waals surface area contributed by atoms with Gasteiger partial charge in [0.15, 0.2) is 4.32 Å². The van der Waals surface area contributed by atoms with E-state index in [0.29, 0.717) is 19.9 Å². The SMILES string of the molecule is O=C1/C(=C/c2ccccc2)SC(=S)N1c1cccc(Cl)c1. The van der Waals surface area contributed by atoms with Crippen LogP contribution in [-0.4, -0.2) is 10.2 Å². The quantitative estimate of drug-likeness (QED) is 0.585. The summed E-state index contributed by atoms with van der Waals surface area (Å²) in [5, 5.41) is 0.577. The van der Waals surface area contributed by atoms with E-state index in [0.717, 1.165) is 5.56 Å². The minimum absolute atomic E-state index is 0.115. The van der Waals surface area contributed by atoms with Crippen molar-refractivity contribution in [2.24, 2.45) is 0 Å². The van der Waals surface area contributed by atoms with Crippen molar-refractivity contribution in [1.29, 1.82) is 0 Å². The first-order valence-electron chi connectivity index (χ1n) is 6.24. The van der Waals surface area contributed by atoms with E-state index in [-0.39, 0.29) is 5.91 Å². The number of carbonyl (C=O) groups is 1. The first kappa shape index (κ1) is 14.3. The summed E-state index contributed by atoms with van der Waals surface area (Å²) in [6.07, 6.45) is 1.85. The first-order valence-corrected chi connectivity index (χ1v) is 7.84. The fourth-order valence-corrected chi connectivity index (χ4v) is 3.49. The van der Waals surface area contributed by atoms with Crippen LogP contribution in [0.4, 0.5) is 5.69 Å². The van der Waals surface area contributed by atoms with Crippen LogP contribution in [0.5, 0.6) is 0 Å². The average molecular weight is 332 g/mol. The van der Waals surface area contributed by atoms with E-state index in [9.17, 15) is 4.79 Å². The highest BCUT2D eigenvalue weighted by Gasteiger charge is 2.33. The normalized spacial score (nSPS) is 16.8. The molecule has 1 saturated heterocycles. The Kier molecular flexibility index (Phi) is 4.10. The second-order valence-electron chi connectivity index (χ2n) is 4.41. The van der Waals surface area contributed by atoms with E-state index in [1.54, 1.807) is 18.2 Å². The number of anilines is 1. The Labute approximate surface area is 137 Å². The summed E-state index contributed by atoms with van der Waals surface area (Å²) in [4.78, 5) is 14.7. The van der Waals surface area contributed by atoms with Gasteiger partial charge in [0.1, 0.15) is 0 Å². The van der Waals surface area contributed by atoms with Crippen molar-refractivity contribution in [3.8, 4) is 0 Å². The molecule has 0 aliphatic carbocycles. The third-order valence-corrected chi connectivity index (χ3v) is 4.49. The molecule has 0 spiro atoms. The van der Waals surface area contributed by atoms with Crippen molar-refractivity contribution in [2.75, 3.05) is 4.90 Å². The van der Waals surface area contributed by atoms with Gasteiger partial charge < -0.3 is 0 Å². The van der Waals surface area contributed by atoms with E-state index < -0.39 is 0 Å². The molecule has 0 bridgehead atoms. The topological polar surface area (TPSA) is 20.3 Å². The zero-order chi connectivity index (χ0) is 14.8. The number of benzene rings is 2. The third kappa shape index (κ3) is 3.02. The average Bonchev–Trinajstić information content (AvgIpc) is 2.74. The Morgan fingerprint density at radius 3 is 2.57 bits per heavy atom. The molecule has 0 atom stereocenters. The molecule has 0 radical (unpaired) electrons. The Morgan fingerprint density at radius 2 is 1.86 bits per heavy atom. The van der Waals surface area contributed by atoms with Gasteiger partial charge in [0, 0.05) is 5.02 Å². The predicted octanol–water partition coefficient (Wildman–Crippen LogP) is 4.75. The van der Waals surface area contributed by atoms with Crippen LogP contribution in [0.2, 0.25) is 5.02 Å². The molecular weight excluding hydrogens is 322 g/mol. The van der Waals surface area contributed by atoms with Crippen molar-refractivity contribution in [3.05, 3.63) is 70.1 Å². The van der Waals surface area contributed by atoms with E-state index in [2.05, 4.69) is 0 Å². The summed E-state index contributed by atoms with van der Waals surface area (Å²) in [6.45, 7) is 0. The molecule has 2 nitrogen and oxygen atoms in total. The van der Waals surface area contributed by atoms with Crippen molar-refractivity contribution >= 4 is 57.6 Å². The zero-order valence-corrected chi connectivity index (χ0v) is 13.2. The maximum Gasteiger partial charge on any atom is 0.270 e. The molecule has 0 aromatic heterocycles. The van der Waals surface area contributed by atoms with Gasteiger partial charge in [0.25, 0.3) is 5.91 Å². The number of rotatable bonds is 2. The van der Waals surface area contributed by atoms with Gasteiger partial charge in [0.2, 0.25) is 0 Å². The van der Waals surface area contributed by atoms with Gasteiger partial charge >= 0.3 is 0 Å². The minimum Gasteiger partial charge on any atom is -0.268 e. The Morgan fingerprint density at radius 1 is 1.10 bits per heavy atom. The summed E-state index contributed by atoms with van der Waals surface area (Å²) in [5.41, 5.74) is 1.67. The van der Waals surface area contributed by atoms with Gasteiger partial charge in [-0.15, -0.1) is 0 Å². The molecule has 104 valence electrons. The summed E-state index contributed by atoms with van der Waals surface area (Å²) in [6, 6.07) is 16.8. The highest BCUT2D eigenvalue weighted by atomic mass is 35.5. The molecule has 0 saturated carbocycles. The number of carbonyl (C=O) groups excluding carboxylic acids is 1. The highest BCUT2D eigenvalue weighted by Crippen LogP contribution is 2.36. The van der Waals surface area contributed by atoms with E-state index in [1.165, 1.54) is 16.7 Å². The van der Waals surface area contributed by atoms with Crippen LogP contribution in [0.3, 0.4) is 0 Å². The molecule has 3 rings (SSSR count). The lowest BCUT2D eigenvalue weighted by Crippen LogP contribution is -2.27. The minimum atomic E-state index is -0.115. The monoisotopic (exact) mass is 331 g/mol. The molecule has 21 heavy (non-hydrogen) atoms. The second-order valence-corrected chi connectivity index (χ2v) is 6.52. The van der Waals surface area contributed by atoms with Crippen LogP contribution in [0.25, 0.3) is 6.08 Å². The zero-order valence-electron chi connectivity index (χ0n) is 10.8. The van der Waals surface area contributed by atoms with Gasteiger partial charge in [-0.25, -0.2) is 0 Å². The fraction of sp³-hybridized carbons (Fsp3) is 0. The van der Waals surface area contributed by atoms with Crippen LogP contribution in [0.1, 0.15) is 5.56 Å². The van der Waals surface area contributed by atoms with Crippen molar-refractivity contribution in [1.82, 2.24) is 0 Å². The van der Waals surface area contributed by atoms with Gasteiger partial charge in [-0.2, -0.15) is 0 Å². The summed E-state index contributed by atoms with van der Waals surface area (Å²) in [7, 11) is 0. The van der Waals surface area contributed by atoms with E-state index in [1.807, 2.05) is 42.5 Å². The molecule has 5 heteroatoms. The molecule has 2 aromatic rings. The smallest absolute Gasteiger partial charge is 0.268 e. The molecule has 1 heterocycles. The lowest BCUT2D eigenvalue weighted by Gasteiger charge is -2.14. The number of nitrogens with zero attached hydrogens (tertiary/aromatic N) is 1. The summed E-state index contributed by atoms with van der Waals surface area (Å²) >= 11 is 12.6. The molecule has 1 aliphatic heterocycles. The fourth-order valence-electron chi connectivity index (χ4n) is 2.01. The molecular formula is C16H10ClNOS2. The van der Waals surface area contributed by atoms with Gasteiger partial charge in [-0.3, -0.25) is 9.69 Å². The van der Waals surface area contributed by atoms with E-state index >= 15 is 0 Å². The van der Waals surface area contributed by atoms with Crippen LogP contribution < -0.4 is 4.90 Å². The lowest BCUT2D eigenvalue weighted by atomic mass is 10.2. The highest BCUT2D eigenvalue weighted by molar-refractivity contribution is 8.27. The Balaban J connectivity index is 1.94.